The number of esters is 1. The zero-order valence-electron chi connectivity index (χ0n) is 22.3. The van der Waals surface area contributed by atoms with Crippen molar-refractivity contribution in [2.45, 2.75) is 41.3 Å². The first-order valence-electron chi connectivity index (χ1n) is 13.0. The Bertz CT molecular complexity index is 1610. The predicted octanol–water partition coefficient (Wildman–Crippen LogP) is 6.52. The largest absolute Gasteiger partial charge is 0.426 e. The second-order valence-electron chi connectivity index (χ2n) is 11.2. The maximum Gasteiger partial charge on any atom is 0.316 e. The number of rotatable bonds is 4. The Morgan fingerprint density at radius 2 is 1.38 bits per heavy atom. The summed E-state index contributed by atoms with van der Waals surface area (Å²) >= 11 is 39.4. The number of hydrogen-bond donors (Lipinski definition) is 0. The van der Waals surface area contributed by atoms with Gasteiger partial charge in [0.1, 0.15) is 15.5 Å². The monoisotopic (exact) mass is 688 g/mol. The van der Waals surface area contributed by atoms with Crippen LogP contribution >= 0.6 is 69.6 Å². The number of halogens is 6. The fourth-order valence-electron chi connectivity index (χ4n) is 6.58. The number of imide groups is 1. The zero-order chi connectivity index (χ0) is 30.7. The molecule has 0 unspecified atom stereocenters. The summed E-state index contributed by atoms with van der Waals surface area (Å²) in [5.74, 6) is -5.08. The minimum absolute atomic E-state index is 0.0188. The number of ether oxygens (including phenoxy) is 1. The van der Waals surface area contributed by atoms with Crippen LogP contribution in [0.1, 0.15) is 23.1 Å². The molecular weight excluding hydrogens is 669 g/mol. The van der Waals surface area contributed by atoms with Gasteiger partial charge in [0.05, 0.1) is 33.5 Å². The van der Waals surface area contributed by atoms with Gasteiger partial charge in [0.25, 0.3) is 0 Å². The van der Waals surface area contributed by atoms with E-state index in [0.29, 0.717) is 5.56 Å². The van der Waals surface area contributed by atoms with E-state index in [0.717, 1.165) is 21.7 Å². The summed E-state index contributed by atoms with van der Waals surface area (Å²) in [5.41, 5.74) is 3.46. The molecule has 2 bridgehead atoms. The van der Waals surface area contributed by atoms with Crippen LogP contribution < -0.4 is 14.5 Å². The van der Waals surface area contributed by atoms with Gasteiger partial charge in [0, 0.05) is 18.7 Å². The second-order valence-corrected chi connectivity index (χ2v) is 14.4. The fourth-order valence-corrected chi connectivity index (χ4v) is 9.51. The third kappa shape index (κ3) is 3.74. The molecule has 0 aromatic heterocycles. The molecule has 5 atom stereocenters. The zero-order valence-corrected chi connectivity index (χ0v) is 26.8. The summed E-state index contributed by atoms with van der Waals surface area (Å²) in [6.45, 7) is 5.73. The number of allylic oxidation sites excluding steroid dienone is 2. The molecule has 2 aliphatic carbocycles. The second kappa shape index (κ2) is 9.75. The molecule has 2 aliphatic heterocycles. The van der Waals surface area contributed by atoms with Crippen LogP contribution in [0.2, 0.25) is 0 Å². The molecule has 3 amide bonds. The summed E-state index contributed by atoms with van der Waals surface area (Å²) in [5, 5.41) is -0.342. The number of carbonyl (C=O) groups is 4. The van der Waals surface area contributed by atoms with E-state index < -0.39 is 49.6 Å². The highest BCUT2D eigenvalue weighted by Crippen LogP contribution is 2.77. The number of fused-ring (bicyclic) bond motifs is 5. The highest BCUT2D eigenvalue weighted by Gasteiger charge is 2.87. The highest BCUT2D eigenvalue weighted by atomic mass is 35.5. The molecular formula is C29H22Cl6N2O5. The van der Waals surface area contributed by atoms with E-state index in [9.17, 15) is 19.2 Å². The Balaban J connectivity index is 1.21. The molecule has 1 saturated carbocycles. The normalized spacial score (nSPS) is 31.5. The lowest BCUT2D eigenvalue weighted by Crippen LogP contribution is -2.50. The number of alkyl halides is 4. The maximum atomic E-state index is 13.7. The standard InChI is InChI=1S/C29H22Cl6N2O5/c1-12-4-6-17(13(2)8-12)36-11-15(10-19(36)38)26(41)42-16-5-7-18(14(3)9-16)37-24(39)20-21(25(37)40)28(33)23(31)22(30)27(20,32)29(28,34)35/h4-9,15,20-21H,10-11H2,1-3H3/t15-,20-,21-,27-,28-/m1/s1. The Hall–Kier alpha value is -2.00. The molecule has 0 spiro atoms. The highest BCUT2D eigenvalue weighted by molar-refractivity contribution is 6.67. The van der Waals surface area contributed by atoms with Gasteiger partial charge in [-0.25, -0.2) is 4.90 Å². The number of hydrogen-bond acceptors (Lipinski definition) is 5. The van der Waals surface area contributed by atoms with Gasteiger partial charge >= 0.3 is 5.97 Å². The SMILES string of the molecule is Cc1ccc(N2C[C@H](C(=O)Oc3ccc(N4C(=O)[C@H]5[C@H](C4=O)[C@@]4(Cl)C(Cl)=C(Cl)[C@@]5(Cl)C4(Cl)Cl)c(C)c3)CC2=O)c(C)c1. The van der Waals surface area contributed by atoms with Gasteiger partial charge in [-0.15, -0.1) is 23.2 Å². The van der Waals surface area contributed by atoms with Crippen molar-refractivity contribution in [3.8, 4) is 5.75 Å². The molecule has 220 valence electrons. The van der Waals surface area contributed by atoms with Crippen molar-refractivity contribution in [1.29, 1.82) is 0 Å². The average Bonchev–Trinajstić information content (AvgIpc) is 3.50. The van der Waals surface area contributed by atoms with E-state index in [1.165, 1.54) is 18.2 Å². The van der Waals surface area contributed by atoms with Gasteiger partial charge in [-0.1, -0.05) is 64.1 Å². The molecule has 3 fully saturated rings. The smallest absolute Gasteiger partial charge is 0.316 e. The molecule has 2 saturated heterocycles. The summed E-state index contributed by atoms with van der Waals surface area (Å²) in [4.78, 5) is 51.9. The lowest BCUT2D eigenvalue weighted by atomic mass is 9.84. The minimum atomic E-state index is -2.02. The van der Waals surface area contributed by atoms with Crippen LogP contribution in [0.3, 0.4) is 0 Å². The third-order valence-electron chi connectivity index (χ3n) is 8.64. The van der Waals surface area contributed by atoms with Crippen molar-refractivity contribution in [1.82, 2.24) is 0 Å². The van der Waals surface area contributed by atoms with Crippen molar-refractivity contribution in [2.75, 3.05) is 16.3 Å². The first kappa shape index (κ1) is 30.0. The number of carbonyl (C=O) groups excluding carboxylic acids is 4. The van der Waals surface area contributed by atoms with Crippen LogP contribution in [0, 0.1) is 38.5 Å². The molecule has 13 heteroatoms. The number of benzene rings is 2. The summed E-state index contributed by atoms with van der Waals surface area (Å²) in [7, 11) is 0. The quantitative estimate of drug-likeness (QED) is 0.158. The van der Waals surface area contributed by atoms with E-state index in [1.807, 2.05) is 32.0 Å². The van der Waals surface area contributed by atoms with Crippen molar-refractivity contribution >= 4 is 105 Å². The van der Waals surface area contributed by atoms with Gasteiger partial charge in [-0.2, -0.15) is 0 Å². The van der Waals surface area contributed by atoms with E-state index in [4.69, 9.17) is 74.3 Å². The average molecular weight is 691 g/mol. The van der Waals surface area contributed by atoms with Crippen LogP contribution in [0.4, 0.5) is 11.4 Å². The summed E-state index contributed by atoms with van der Waals surface area (Å²) in [6, 6.07) is 10.2. The van der Waals surface area contributed by atoms with Crippen LogP contribution in [-0.2, 0) is 19.2 Å². The Morgan fingerprint density at radius 3 is 1.93 bits per heavy atom. The molecule has 42 heavy (non-hydrogen) atoms. The molecule has 7 nitrogen and oxygen atoms in total. The van der Waals surface area contributed by atoms with Crippen LogP contribution in [0.15, 0.2) is 46.5 Å². The van der Waals surface area contributed by atoms with Crippen molar-refractivity contribution < 1.29 is 23.9 Å². The minimum Gasteiger partial charge on any atom is -0.426 e. The van der Waals surface area contributed by atoms with E-state index >= 15 is 0 Å². The van der Waals surface area contributed by atoms with E-state index in [-0.39, 0.29) is 40.4 Å². The number of amides is 3. The predicted molar refractivity (Wildman–Crippen MR) is 163 cm³/mol. The number of nitrogens with zero attached hydrogens (tertiary/aromatic N) is 2. The van der Waals surface area contributed by atoms with Gasteiger partial charge in [-0.3, -0.25) is 19.2 Å². The molecule has 2 aromatic carbocycles. The topological polar surface area (TPSA) is 84.0 Å². The maximum absolute atomic E-state index is 13.7. The molecule has 4 aliphatic rings. The van der Waals surface area contributed by atoms with Gasteiger partial charge < -0.3 is 9.64 Å². The van der Waals surface area contributed by atoms with Crippen molar-refractivity contribution in [3.05, 3.63) is 63.2 Å². The number of aryl methyl sites for hydroxylation is 3. The molecule has 6 rings (SSSR count). The van der Waals surface area contributed by atoms with Crippen molar-refractivity contribution in [2.24, 2.45) is 17.8 Å². The van der Waals surface area contributed by atoms with E-state index in [2.05, 4.69) is 0 Å². The molecule has 0 N–H and O–H groups in total. The lowest BCUT2D eigenvalue weighted by molar-refractivity contribution is -0.139. The van der Waals surface area contributed by atoms with Crippen molar-refractivity contribution in [3.63, 3.8) is 0 Å². The molecule has 2 heterocycles. The third-order valence-corrected chi connectivity index (χ3v) is 12.9. The first-order valence-corrected chi connectivity index (χ1v) is 15.2. The molecule has 0 radical (unpaired) electrons. The summed E-state index contributed by atoms with van der Waals surface area (Å²) in [6.07, 6.45) is 0.0188. The molecule has 2 aromatic rings. The van der Waals surface area contributed by atoms with Crippen LogP contribution in [0.5, 0.6) is 5.75 Å². The van der Waals surface area contributed by atoms with Gasteiger partial charge in [0.2, 0.25) is 17.7 Å². The van der Waals surface area contributed by atoms with Crippen LogP contribution in [-0.4, -0.2) is 44.3 Å². The van der Waals surface area contributed by atoms with Crippen LogP contribution in [0.25, 0.3) is 0 Å². The Kier molecular flexibility index (Phi) is 6.97. The van der Waals surface area contributed by atoms with Gasteiger partial charge in [0.15, 0.2) is 4.33 Å². The Morgan fingerprint density at radius 1 is 0.833 bits per heavy atom. The lowest BCUT2D eigenvalue weighted by Gasteiger charge is -2.34. The Labute approximate surface area is 271 Å². The number of anilines is 2. The van der Waals surface area contributed by atoms with E-state index in [1.54, 1.807) is 11.8 Å². The summed E-state index contributed by atoms with van der Waals surface area (Å²) < 4.78 is 3.59. The first-order chi connectivity index (χ1) is 19.6. The van der Waals surface area contributed by atoms with Gasteiger partial charge in [-0.05, 0) is 56.2 Å². The fraction of sp³-hybridized carbons (Fsp3) is 0.379.